The summed E-state index contributed by atoms with van der Waals surface area (Å²) >= 11 is 2.15. The smallest absolute Gasteiger partial charge is 0.329 e. The number of nitriles is 1. The molecular formula is C25H24IN3O4. The van der Waals surface area contributed by atoms with Crippen molar-refractivity contribution in [3.63, 3.8) is 0 Å². The highest BCUT2D eigenvalue weighted by Crippen LogP contribution is 2.36. The molecule has 1 saturated carbocycles. The normalized spacial score (nSPS) is 17.7. The fourth-order valence-electron chi connectivity index (χ4n) is 4.25. The Kier molecular flexibility index (Phi) is 7.18. The third kappa shape index (κ3) is 4.98. The molecule has 4 rings (SSSR count). The lowest BCUT2D eigenvalue weighted by atomic mass is 9.94. The number of methoxy groups -OCH3 is 1. The largest absolute Gasteiger partial charge is 0.493 e. The van der Waals surface area contributed by atoms with E-state index in [9.17, 15) is 14.9 Å². The number of halogens is 1. The number of hydrogen-bond donors (Lipinski definition) is 1. The average Bonchev–Trinajstić information content (AvgIpc) is 3.11. The minimum atomic E-state index is -0.351. The third-order valence-corrected chi connectivity index (χ3v) is 6.72. The summed E-state index contributed by atoms with van der Waals surface area (Å²) in [5.74, 6) is 0.775. The van der Waals surface area contributed by atoms with Crippen molar-refractivity contribution in [1.29, 1.82) is 5.26 Å². The first-order chi connectivity index (χ1) is 16.0. The molecule has 1 saturated heterocycles. The van der Waals surface area contributed by atoms with E-state index in [2.05, 4.69) is 34.0 Å². The Morgan fingerprint density at radius 2 is 1.97 bits per heavy atom. The van der Waals surface area contributed by atoms with E-state index in [1.165, 1.54) is 4.90 Å². The van der Waals surface area contributed by atoms with E-state index in [0.717, 1.165) is 46.8 Å². The van der Waals surface area contributed by atoms with Crippen molar-refractivity contribution in [2.75, 3.05) is 7.11 Å². The molecule has 170 valence electrons. The summed E-state index contributed by atoms with van der Waals surface area (Å²) in [4.78, 5) is 26.8. The number of nitrogens with one attached hydrogen (secondary N) is 1. The van der Waals surface area contributed by atoms with Crippen LogP contribution < -0.4 is 14.8 Å². The number of rotatable bonds is 6. The topological polar surface area (TPSA) is 91.7 Å². The van der Waals surface area contributed by atoms with E-state index in [4.69, 9.17) is 9.47 Å². The molecule has 2 fully saturated rings. The number of nitrogens with zero attached hydrogens (tertiary/aromatic N) is 2. The summed E-state index contributed by atoms with van der Waals surface area (Å²) in [7, 11) is 1.55. The maximum Gasteiger partial charge on any atom is 0.329 e. The van der Waals surface area contributed by atoms with Gasteiger partial charge in [0.1, 0.15) is 12.3 Å². The predicted octanol–water partition coefficient (Wildman–Crippen LogP) is 4.98. The Labute approximate surface area is 206 Å². The van der Waals surface area contributed by atoms with Gasteiger partial charge in [0, 0.05) is 11.6 Å². The van der Waals surface area contributed by atoms with Crippen molar-refractivity contribution in [3.05, 3.63) is 62.4 Å². The number of ether oxygens (including phenoxy) is 2. The molecule has 0 unspecified atom stereocenters. The lowest BCUT2D eigenvalue weighted by Crippen LogP contribution is -2.41. The first-order valence-corrected chi connectivity index (χ1v) is 11.9. The highest BCUT2D eigenvalue weighted by molar-refractivity contribution is 14.1. The maximum atomic E-state index is 12.9. The van der Waals surface area contributed by atoms with Gasteiger partial charge in [0.2, 0.25) is 0 Å². The molecule has 0 spiro atoms. The van der Waals surface area contributed by atoms with Gasteiger partial charge in [0.05, 0.1) is 22.3 Å². The summed E-state index contributed by atoms with van der Waals surface area (Å²) in [6.07, 6.45) is 6.62. The number of amides is 3. The molecule has 1 heterocycles. The molecule has 2 aromatic carbocycles. The second-order valence-electron chi connectivity index (χ2n) is 8.05. The maximum absolute atomic E-state index is 12.9. The van der Waals surface area contributed by atoms with Crippen LogP contribution in [-0.2, 0) is 11.4 Å². The van der Waals surface area contributed by atoms with Crippen LogP contribution in [0.2, 0.25) is 0 Å². The number of carbonyl (C=O) groups excluding carboxylic acids is 2. The minimum Gasteiger partial charge on any atom is -0.493 e. The molecular weight excluding hydrogens is 533 g/mol. The molecule has 2 aliphatic rings. The Hall–Kier alpha value is -3.06. The van der Waals surface area contributed by atoms with Crippen molar-refractivity contribution in [2.45, 2.75) is 44.8 Å². The molecule has 7 nitrogen and oxygen atoms in total. The van der Waals surface area contributed by atoms with Gasteiger partial charge >= 0.3 is 6.03 Å². The van der Waals surface area contributed by atoms with Gasteiger partial charge in [0.15, 0.2) is 11.5 Å². The van der Waals surface area contributed by atoms with Crippen molar-refractivity contribution in [2.24, 2.45) is 0 Å². The van der Waals surface area contributed by atoms with Gasteiger partial charge in [-0.15, -0.1) is 0 Å². The van der Waals surface area contributed by atoms with E-state index in [-0.39, 0.29) is 30.3 Å². The fraction of sp³-hybridized carbons (Fsp3) is 0.320. The second kappa shape index (κ2) is 10.3. The van der Waals surface area contributed by atoms with E-state index in [1.54, 1.807) is 25.3 Å². The van der Waals surface area contributed by atoms with Gasteiger partial charge < -0.3 is 14.8 Å². The van der Waals surface area contributed by atoms with E-state index in [0.29, 0.717) is 17.1 Å². The van der Waals surface area contributed by atoms with Crippen LogP contribution >= 0.6 is 22.6 Å². The van der Waals surface area contributed by atoms with Crippen LogP contribution in [0.15, 0.2) is 42.1 Å². The van der Waals surface area contributed by atoms with Gasteiger partial charge in [-0.05, 0) is 65.3 Å². The number of benzene rings is 2. The third-order valence-electron chi connectivity index (χ3n) is 5.92. The standard InChI is InChI=1S/C25H24IN3O4/c1-32-22-13-16(11-20(26)23(22)33-15-18-8-6-5-7-17(18)14-27)12-21-24(30)29(25(31)28-21)19-9-3-2-4-10-19/h5-8,11-13,19H,2-4,9-10,15H2,1H3,(H,28,31)/b21-12-. The van der Waals surface area contributed by atoms with Crippen LogP contribution in [0.25, 0.3) is 6.08 Å². The lowest BCUT2D eigenvalue weighted by Gasteiger charge is -2.28. The lowest BCUT2D eigenvalue weighted by molar-refractivity contribution is -0.124. The van der Waals surface area contributed by atoms with Crippen molar-refractivity contribution in [1.82, 2.24) is 10.2 Å². The summed E-state index contributed by atoms with van der Waals surface area (Å²) in [5, 5.41) is 12.0. The first kappa shape index (κ1) is 23.1. The molecule has 1 N–H and O–H groups in total. The predicted molar refractivity (Wildman–Crippen MR) is 131 cm³/mol. The molecule has 1 aliphatic heterocycles. The summed E-state index contributed by atoms with van der Waals surface area (Å²) in [5.41, 5.74) is 2.33. The summed E-state index contributed by atoms with van der Waals surface area (Å²) in [6.45, 7) is 0.224. The molecule has 0 atom stereocenters. The van der Waals surface area contributed by atoms with Gasteiger partial charge in [-0.1, -0.05) is 37.5 Å². The van der Waals surface area contributed by atoms with E-state index >= 15 is 0 Å². The number of urea groups is 1. The molecule has 2 aromatic rings. The fourth-order valence-corrected chi connectivity index (χ4v) is 5.04. The zero-order valence-corrected chi connectivity index (χ0v) is 20.4. The van der Waals surface area contributed by atoms with Crippen LogP contribution in [-0.4, -0.2) is 30.0 Å². The van der Waals surface area contributed by atoms with Crippen LogP contribution in [0.3, 0.4) is 0 Å². The molecule has 8 heteroatoms. The van der Waals surface area contributed by atoms with Crippen LogP contribution in [0.1, 0.15) is 48.8 Å². The number of carbonyl (C=O) groups is 2. The Balaban J connectivity index is 1.55. The van der Waals surface area contributed by atoms with Crippen molar-refractivity contribution in [3.8, 4) is 17.6 Å². The summed E-state index contributed by atoms with van der Waals surface area (Å²) < 4.78 is 12.3. The zero-order chi connectivity index (χ0) is 23.4. The Morgan fingerprint density at radius 3 is 2.70 bits per heavy atom. The first-order valence-electron chi connectivity index (χ1n) is 10.9. The Bertz CT molecular complexity index is 1150. The van der Waals surface area contributed by atoms with E-state index < -0.39 is 0 Å². The average molecular weight is 557 g/mol. The monoisotopic (exact) mass is 557 g/mol. The number of imide groups is 1. The van der Waals surface area contributed by atoms with Gasteiger partial charge in [-0.2, -0.15) is 5.26 Å². The van der Waals surface area contributed by atoms with Crippen molar-refractivity contribution < 1.29 is 19.1 Å². The van der Waals surface area contributed by atoms with Gasteiger partial charge in [0.25, 0.3) is 5.91 Å². The molecule has 33 heavy (non-hydrogen) atoms. The van der Waals surface area contributed by atoms with Crippen LogP contribution in [0, 0.1) is 14.9 Å². The Morgan fingerprint density at radius 1 is 1.21 bits per heavy atom. The zero-order valence-electron chi connectivity index (χ0n) is 18.3. The molecule has 3 amide bonds. The summed E-state index contributed by atoms with van der Waals surface area (Å²) in [6, 6.07) is 12.7. The molecule has 0 aromatic heterocycles. The highest BCUT2D eigenvalue weighted by atomic mass is 127. The van der Waals surface area contributed by atoms with Crippen molar-refractivity contribution >= 4 is 40.6 Å². The quantitative estimate of drug-likeness (QED) is 0.308. The molecule has 1 aliphatic carbocycles. The van der Waals surface area contributed by atoms with Crippen LogP contribution in [0.4, 0.5) is 4.79 Å². The second-order valence-corrected chi connectivity index (χ2v) is 9.21. The molecule has 0 radical (unpaired) electrons. The highest BCUT2D eigenvalue weighted by Gasteiger charge is 2.39. The SMILES string of the molecule is COc1cc(/C=C2\NC(=O)N(C3CCCCC3)C2=O)cc(I)c1OCc1ccccc1C#N. The van der Waals surface area contributed by atoms with Gasteiger partial charge in [-0.25, -0.2) is 4.79 Å². The van der Waals surface area contributed by atoms with Crippen LogP contribution in [0.5, 0.6) is 11.5 Å². The van der Waals surface area contributed by atoms with E-state index in [1.807, 2.05) is 24.3 Å². The molecule has 0 bridgehead atoms. The number of hydrogen-bond acceptors (Lipinski definition) is 5. The minimum absolute atomic E-state index is 0.0288. The van der Waals surface area contributed by atoms with Gasteiger partial charge in [-0.3, -0.25) is 9.69 Å².